The minimum atomic E-state index is -0.103. The SMILES string of the molecule is COc1cccc(NC(=O)CNCc2ccn(C)n2)c1. The number of nitrogens with zero attached hydrogens (tertiary/aromatic N) is 2. The molecule has 1 aromatic carbocycles. The highest BCUT2D eigenvalue weighted by Crippen LogP contribution is 2.16. The van der Waals surface area contributed by atoms with E-state index in [2.05, 4.69) is 15.7 Å². The molecule has 6 nitrogen and oxygen atoms in total. The second-order valence-electron chi connectivity index (χ2n) is 4.36. The molecule has 2 rings (SSSR count). The smallest absolute Gasteiger partial charge is 0.238 e. The monoisotopic (exact) mass is 274 g/mol. The molecule has 0 unspecified atom stereocenters. The number of nitrogens with one attached hydrogen (secondary N) is 2. The molecule has 1 aromatic heterocycles. The molecule has 0 aliphatic heterocycles. The van der Waals surface area contributed by atoms with Gasteiger partial charge in [0.05, 0.1) is 19.3 Å². The molecule has 0 fully saturated rings. The normalized spacial score (nSPS) is 10.3. The lowest BCUT2D eigenvalue weighted by atomic mass is 10.3. The van der Waals surface area contributed by atoms with Gasteiger partial charge in [-0.25, -0.2) is 0 Å². The number of ether oxygens (including phenoxy) is 1. The lowest BCUT2D eigenvalue weighted by Crippen LogP contribution is -2.27. The van der Waals surface area contributed by atoms with Crippen LogP contribution in [0.1, 0.15) is 5.69 Å². The molecule has 106 valence electrons. The Hall–Kier alpha value is -2.34. The van der Waals surface area contributed by atoms with Crippen LogP contribution in [0.5, 0.6) is 5.75 Å². The van der Waals surface area contributed by atoms with Crippen molar-refractivity contribution in [2.75, 3.05) is 19.0 Å². The van der Waals surface area contributed by atoms with E-state index in [1.165, 1.54) is 0 Å². The summed E-state index contributed by atoms with van der Waals surface area (Å²) in [7, 11) is 3.45. The molecule has 2 N–H and O–H groups in total. The van der Waals surface area contributed by atoms with Crippen molar-refractivity contribution in [3.8, 4) is 5.75 Å². The van der Waals surface area contributed by atoms with Gasteiger partial charge in [-0.15, -0.1) is 0 Å². The molecule has 2 aromatic rings. The fourth-order valence-corrected chi connectivity index (χ4v) is 1.77. The van der Waals surface area contributed by atoms with Crippen LogP contribution < -0.4 is 15.4 Å². The van der Waals surface area contributed by atoms with E-state index in [0.717, 1.165) is 5.69 Å². The lowest BCUT2D eigenvalue weighted by molar-refractivity contribution is -0.115. The third-order valence-corrected chi connectivity index (χ3v) is 2.71. The molecule has 0 atom stereocenters. The zero-order valence-corrected chi connectivity index (χ0v) is 11.6. The highest BCUT2D eigenvalue weighted by molar-refractivity contribution is 5.92. The van der Waals surface area contributed by atoms with Crippen LogP contribution in [0, 0.1) is 0 Å². The Labute approximate surface area is 117 Å². The number of methoxy groups -OCH3 is 1. The zero-order chi connectivity index (χ0) is 14.4. The predicted octanol–water partition coefficient (Wildman–Crippen LogP) is 1.16. The van der Waals surface area contributed by atoms with Crippen LogP contribution in [-0.2, 0) is 18.4 Å². The molecule has 0 saturated heterocycles. The Kier molecular flexibility index (Phi) is 4.73. The highest BCUT2D eigenvalue weighted by Gasteiger charge is 2.03. The average molecular weight is 274 g/mol. The molecule has 6 heteroatoms. The average Bonchev–Trinajstić information content (AvgIpc) is 2.84. The van der Waals surface area contributed by atoms with Gasteiger partial charge in [0.2, 0.25) is 5.91 Å². The second kappa shape index (κ2) is 6.72. The number of hydrogen-bond donors (Lipinski definition) is 2. The van der Waals surface area contributed by atoms with Gasteiger partial charge in [-0.2, -0.15) is 5.10 Å². The number of carbonyl (C=O) groups is 1. The van der Waals surface area contributed by atoms with Crippen LogP contribution in [0.15, 0.2) is 36.5 Å². The molecule has 0 spiro atoms. The number of rotatable bonds is 6. The second-order valence-corrected chi connectivity index (χ2v) is 4.36. The maximum atomic E-state index is 11.8. The van der Waals surface area contributed by atoms with Crippen molar-refractivity contribution < 1.29 is 9.53 Å². The number of hydrogen-bond acceptors (Lipinski definition) is 4. The van der Waals surface area contributed by atoms with Crippen molar-refractivity contribution in [2.45, 2.75) is 6.54 Å². The molecule has 0 aliphatic rings. The molecule has 0 radical (unpaired) electrons. The summed E-state index contributed by atoms with van der Waals surface area (Å²) in [5, 5.41) is 10.1. The third kappa shape index (κ3) is 4.10. The first-order chi connectivity index (χ1) is 9.67. The molecule has 0 saturated carbocycles. The molecule has 0 bridgehead atoms. The van der Waals surface area contributed by atoms with Crippen molar-refractivity contribution in [2.24, 2.45) is 7.05 Å². The largest absolute Gasteiger partial charge is 0.497 e. The van der Waals surface area contributed by atoms with E-state index in [-0.39, 0.29) is 12.5 Å². The van der Waals surface area contributed by atoms with Crippen molar-refractivity contribution in [1.29, 1.82) is 0 Å². The quantitative estimate of drug-likeness (QED) is 0.829. The maximum absolute atomic E-state index is 11.8. The Balaban J connectivity index is 1.77. The Morgan fingerprint density at radius 1 is 1.40 bits per heavy atom. The minimum absolute atomic E-state index is 0.103. The van der Waals surface area contributed by atoms with Crippen LogP contribution >= 0.6 is 0 Å². The number of aryl methyl sites for hydroxylation is 1. The zero-order valence-electron chi connectivity index (χ0n) is 11.6. The maximum Gasteiger partial charge on any atom is 0.238 e. The van der Waals surface area contributed by atoms with E-state index in [1.54, 1.807) is 17.9 Å². The van der Waals surface area contributed by atoms with Gasteiger partial charge < -0.3 is 15.4 Å². The fraction of sp³-hybridized carbons (Fsp3) is 0.286. The molecular formula is C14H18N4O2. The van der Waals surface area contributed by atoms with Gasteiger partial charge >= 0.3 is 0 Å². The van der Waals surface area contributed by atoms with Crippen molar-refractivity contribution >= 4 is 11.6 Å². The summed E-state index contributed by atoms with van der Waals surface area (Å²) in [5.74, 6) is 0.610. The van der Waals surface area contributed by atoms with Crippen LogP contribution in [0.25, 0.3) is 0 Å². The molecule has 20 heavy (non-hydrogen) atoms. The van der Waals surface area contributed by atoms with E-state index >= 15 is 0 Å². The number of amides is 1. The van der Waals surface area contributed by atoms with Gasteiger partial charge in [0, 0.05) is 31.5 Å². The molecular weight excluding hydrogens is 256 g/mol. The summed E-state index contributed by atoms with van der Waals surface area (Å²) in [6, 6.07) is 9.16. The summed E-state index contributed by atoms with van der Waals surface area (Å²) in [6.45, 7) is 0.792. The summed E-state index contributed by atoms with van der Waals surface area (Å²) >= 11 is 0. The topological polar surface area (TPSA) is 68.2 Å². The first kappa shape index (κ1) is 14.1. The molecule has 1 amide bonds. The third-order valence-electron chi connectivity index (χ3n) is 2.71. The van der Waals surface area contributed by atoms with Crippen molar-refractivity contribution in [3.05, 3.63) is 42.2 Å². The van der Waals surface area contributed by atoms with Gasteiger partial charge in [0.15, 0.2) is 0 Å². The van der Waals surface area contributed by atoms with Gasteiger partial charge in [-0.1, -0.05) is 6.07 Å². The molecule has 0 aliphatic carbocycles. The predicted molar refractivity (Wildman–Crippen MR) is 76.5 cm³/mol. The first-order valence-electron chi connectivity index (χ1n) is 6.30. The number of aromatic nitrogens is 2. The number of carbonyl (C=O) groups excluding carboxylic acids is 1. The number of anilines is 1. The van der Waals surface area contributed by atoms with E-state index < -0.39 is 0 Å². The Morgan fingerprint density at radius 2 is 2.25 bits per heavy atom. The summed E-state index contributed by atoms with van der Waals surface area (Å²) in [5.41, 5.74) is 1.62. The fourth-order valence-electron chi connectivity index (χ4n) is 1.77. The van der Waals surface area contributed by atoms with Gasteiger partial charge in [-0.05, 0) is 18.2 Å². The van der Waals surface area contributed by atoms with E-state index in [4.69, 9.17) is 4.74 Å². The van der Waals surface area contributed by atoms with E-state index in [9.17, 15) is 4.79 Å². The van der Waals surface area contributed by atoms with Gasteiger partial charge in [0.1, 0.15) is 5.75 Å². The number of benzene rings is 1. The van der Waals surface area contributed by atoms with Gasteiger partial charge in [-0.3, -0.25) is 9.48 Å². The van der Waals surface area contributed by atoms with E-state index in [1.807, 2.05) is 37.5 Å². The lowest BCUT2D eigenvalue weighted by Gasteiger charge is -2.07. The van der Waals surface area contributed by atoms with Crippen molar-refractivity contribution in [1.82, 2.24) is 15.1 Å². The Bertz CT molecular complexity index is 580. The van der Waals surface area contributed by atoms with Crippen LogP contribution in [0.3, 0.4) is 0 Å². The standard InChI is InChI=1S/C14H18N4O2/c1-18-7-6-12(17-18)9-15-10-14(19)16-11-4-3-5-13(8-11)20-2/h3-8,15H,9-10H2,1-2H3,(H,16,19). The molecule has 1 heterocycles. The Morgan fingerprint density at radius 3 is 2.95 bits per heavy atom. The highest BCUT2D eigenvalue weighted by atomic mass is 16.5. The van der Waals surface area contributed by atoms with Gasteiger partial charge in [0.25, 0.3) is 0 Å². The summed E-state index contributed by atoms with van der Waals surface area (Å²) < 4.78 is 6.83. The summed E-state index contributed by atoms with van der Waals surface area (Å²) in [6.07, 6.45) is 1.87. The first-order valence-corrected chi connectivity index (χ1v) is 6.30. The van der Waals surface area contributed by atoms with Crippen molar-refractivity contribution in [3.63, 3.8) is 0 Å². The van der Waals surface area contributed by atoms with Crippen LogP contribution in [-0.4, -0.2) is 29.3 Å². The van der Waals surface area contributed by atoms with Crippen LogP contribution in [0.2, 0.25) is 0 Å². The minimum Gasteiger partial charge on any atom is -0.497 e. The van der Waals surface area contributed by atoms with E-state index in [0.29, 0.717) is 18.0 Å². The van der Waals surface area contributed by atoms with Crippen LogP contribution in [0.4, 0.5) is 5.69 Å². The summed E-state index contributed by atoms with van der Waals surface area (Å²) in [4.78, 5) is 11.8.